The quantitative estimate of drug-likeness (QED) is 0.600. The van der Waals surface area contributed by atoms with Crippen LogP contribution in [0.5, 0.6) is 0 Å². The molecule has 1 N–H and O–H groups in total. The van der Waals surface area contributed by atoms with Gasteiger partial charge in [0.1, 0.15) is 12.6 Å². The number of alkyl carbamates (subject to hydrolysis) is 1. The van der Waals surface area contributed by atoms with Gasteiger partial charge >= 0.3 is 12.1 Å². The van der Waals surface area contributed by atoms with E-state index in [-0.39, 0.29) is 6.61 Å². The zero-order valence-corrected chi connectivity index (χ0v) is 16.4. The number of ether oxygens (including phenoxy) is 2. The molecule has 138 valence electrons. The van der Waals surface area contributed by atoms with Crippen molar-refractivity contribution in [2.75, 3.05) is 7.11 Å². The lowest BCUT2D eigenvalue weighted by Crippen LogP contribution is -2.51. The fourth-order valence-corrected chi connectivity index (χ4v) is 5.38. The third-order valence-corrected chi connectivity index (χ3v) is 7.59. The number of benzene rings is 2. The average molecular weight is 372 g/mol. The third-order valence-electron chi connectivity index (χ3n) is 4.26. The highest BCUT2D eigenvalue weighted by Crippen LogP contribution is 2.14. The van der Waals surface area contributed by atoms with Gasteiger partial charge in [-0.25, -0.2) is 9.59 Å². The maximum absolute atomic E-state index is 12.2. The van der Waals surface area contributed by atoms with E-state index in [0.29, 0.717) is 6.04 Å². The molecular weight excluding hydrogens is 346 g/mol. The molecule has 0 aliphatic heterocycles. The molecule has 0 aliphatic rings. The number of carbonyl (C=O) groups excluding carboxylic acids is 2. The largest absolute Gasteiger partial charge is 0.467 e. The second-order valence-electron chi connectivity index (χ2n) is 6.74. The lowest BCUT2D eigenvalue weighted by atomic mass is 10.2. The number of amides is 1. The molecule has 2 rings (SSSR count). The molecule has 0 aromatic heterocycles. The lowest BCUT2D eigenvalue weighted by Gasteiger charge is -2.27. The van der Waals surface area contributed by atoms with E-state index in [1.54, 1.807) is 0 Å². The molecule has 1 amide bonds. The highest BCUT2D eigenvalue weighted by atomic mass is 28.3. The van der Waals surface area contributed by atoms with Crippen LogP contribution in [0.25, 0.3) is 0 Å². The zero-order chi connectivity index (χ0) is 19.0. The van der Waals surface area contributed by atoms with E-state index in [1.807, 2.05) is 48.5 Å². The van der Waals surface area contributed by atoms with Crippen molar-refractivity contribution in [2.24, 2.45) is 0 Å². The van der Waals surface area contributed by atoms with Crippen LogP contribution in [0.15, 0.2) is 60.7 Å². The number of carbonyl (C=O) groups is 2. The predicted molar refractivity (Wildman–Crippen MR) is 104 cm³/mol. The topological polar surface area (TPSA) is 64.6 Å². The highest BCUT2D eigenvalue weighted by molar-refractivity contribution is 6.90. The number of hydrogen-bond acceptors (Lipinski definition) is 4. The Labute approximate surface area is 155 Å². The Hall–Kier alpha value is -2.60. The van der Waals surface area contributed by atoms with Crippen LogP contribution in [0, 0.1) is 0 Å². The molecule has 6 heteroatoms. The first kappa shape index (κ1) is 19.7. The Morgan fingerprint density at radius 1 is 1.00 bits per heavy atom. The summed E-state index contributed by atoms with van der Waals surface area (Å²) in [5.74, 6) is -0.460. The van der Waals surface area contributed by atoms with Gasteiger partial charge in [-0.1, -0.05) is 78.9 Å². The molecule has 0 heterocycles. The smallest absolute Gasteiger partial charge is 0.408 e. The van der Waals surface area contributed by atoms with Crippen LogP contribution in [0.4, 0.5) is 4.79 Å². The summed E-state index contributed by atoms with van der Waals surface area (Å²) in [5, 5.41) is 3.88. The summed E-state index contributed by atoms with van der Waals surface area (Å²) in [5.41, 5.74) is 0.885. The second kappa shape index (κ2) is 9.19. The van der Waals surface area contributed by atoms with Gasteiger partial charge in [-0.05, 0) is 11.6 Å². The molecule has 2 aromatic carbocycles. The molecule has 0 saturated heterocycles. The molecule has 1 unspecified atom stereocenters. The normalized spacial score (nSPS) is 12.1. The summed E-state index contributed by atoms with van der Waals surface area (Å²) in [6.45, 7) is 4.48. The first-order valence-electron chi connectivity index (χ1n) is 8.53. The molecule has 0 spiro atoms. The van der Waals surface area contributed by atoms with Crippen molar-refractivity contribution in [1.82, 2.24) is 5.32 Å². The van der Waals surface area contributed by atoms with Crippen LogP contribution < -0.4 is 10.5 Å². The summed E-state index contributed by atoms with van der Waals surface area (Å²) in [6, 6.07) is 19.3. The van der Waals surface area contributed by atoms with Crippen molar-refractivity contribution in [2.45, 2.75) is 31.8 Å². The minimum Gasteiger partial charge on any atom is -0.467 e. The Kier molecular flexibility index (Phi) is 6.97. The molecule has 0 aliphatic carbocycles. The minimum atomic E-state index is -1.95. The van der Waals surface area contributed by atoms with Crippen molar-refractivity contribution in [3.63, 3.8) is 0 Å². The van der Waals surface area contributed by atoms with Gasteiger partial charge in [-0.3, -0.25) is 0 Å². The van der Waals surface area contributed by atoms with Gasteiger partial charge in [0.2, 0.25) is 0 Å². The number of hydrogen-bond donors (Lipinski definition) is 1. The van der Waals surface area contributed by atoms with Crippen molar-refractivity contribution in [3.05, 3.63) is 66.2 Å². The van der Waals surface area contributed by atoms with E-state index in [9.17, 15) is 9.59 Å². The fraction of sp³-hybridized carbons (Fsp3) is 0.300. The molecule has 1 atom stereocenters. The summed E-state index contributed by atoms with van der Waals surface area (Å²) in [7, 11) is -0.624. The van der Waals surface area contributed by atoms with E-state index >= 15 is 0 Å². The molecule has 2 aromatic rings. The summed E-state index contributed by atoms with van der Waals surface area (Å²) in [4.78, 5) is 24.3. The van der Waals surface area contributed by atoms with E-state index < -0.39 is 26.2 Å². The Morgan fingerprint density at radius 2 is 1.58 bits per heavy atom. The number of methoxy groups -OCH3 is 1. The minimum absolute atomic E-state index is 0.153. The summed E-state index contributed by atoms with van der Waals surface area (Å²) in [6.07, 6.45) is -0.623. The zero-order valence-electron chi connectivity index (χ0n) is 15.4. The molecular formula is C20H25NO4Si. The Bertz CT molecular complexity index is 719. The van der Waals surface area contributed by atoms with Crippen LogP contribution in [-0.4, -0.2) is 33.3 Å². The van der Waals surface area contributed by atoms with Crippen LogP contribution in [0.2, 0.25) is 19.1 Å². The van der Waals surface area contributed by atoms with Gasteiger partial charge < -0.3 is 14.8 Å². The summed E-state index contributed by atoms with van der Waals surface area (Å²) < 4.78 is 10.1. The van der Waals surface area contributed by atoms with E-state index in [4.69, 9.17) is 9.47 Å². The first-order valence-corrected chi connectivity index (χ1v) is 11.7. The SMILES string of the molecule is COC(=O)C(C[Si](C)(C)c1ccccc1)NC(=O)OCc1ccccc1. The Balaban J connectivity index is 2.00. The van der Waals surface area contributed by atoms with Crippen molar-refractivity contribution < 1.29 is 19.1 Å². The van der Waals surface area contributed by atoms with E-state index in [2.05, 4.69) is 30.5 Å². The monoisotopic (exact) mass is 371 g/mol. The van der Waals surface area contributed by atoms with E-state index in [0.717, 1.165) is 5.56 Å². The molecule has 0 bridgehead atoms. The van der Waals surface area contributed by atoms with Crippen LogP contribution >= 0.6 is 0 Å². The number of esters is 1. The maximum Gasteiger partial charge on any atom is 0.408 e. The fourth-order valence-electron chi connectivity index (χ4n) is 2.76. The lowest BCUT2D eigenvalue weighted by molar-refractivity contribution is -0.142. The molecule has 0 saturated carbocycles. The third kappa shape index (κ3) is 5.74. The van der Waals surface area contributed by atoms with Crippen molar-refractivity contribution in [3.8, 4) is 0 Å². The predicted octanol–water partition coefficient (Wildman–Crippen LogP) is 3.07. The van der Waals surface area contributed by atoms with Gasteiger partial charge in [0.15, 0.2) is 0 Å². The Morgan fingerprint density at radius 3 is 2.15 bits per heavy atom. The molecule has 0 radical (unpaired) electrons. The van der Waals surface area contributed by atoms with E-state index in [1.165, 1.54) is 12.3 Å². The second-order valence-corrected chi connectivity index (χ2v) is 11.5. The van der Waals surface area contributed by atoms with Crippen LogP contribution in [-0.2, 0) is 20.9 Å². The van der Waals surface area contributed by atoms with Crippen LogP contribution in [0.3, 0.4) is 0 Å². The maximum atomic E-state index is 12.2. The number of rotatable bonds is 7. The summed E-state index contributed by atoms with van der Waals surface area (Å²) >= 11 is 0. The molecule has 0 fully saturated rings. The van der Waals surface area contributed by atoms with Gasteiger partial charge in [0.05, 0.1) is 15.2 Å². The molecule has 26 heavy (non-hydrogen) atoms. The van der Waals surface area contributed by atoms with Gasteiger partial charge in [0, 0.05) is 0 Å². The van der Waals surface area contributed by atoms with Gasteiger partial charge in [0.25, 0.3) is 0 Å². The van der Waals surface area contributed by atoms with Crippen molar-refractivity contribution in [1.29, 1.82) is 0 Å². The van der Waals surface area contributed by atoms with Crippen molar-refractivity contribution >= 4 is 25.3 Å². The average Bonchev–Trinajstić information content (AvgIpc) is 2.66. The van der Waals surface area contributed by atoms with Crippen LogP contribution in [0.1, 0.15) is 5.56 Å². The highest BCUT2D eigenvalue weighted by Gasteiger charge is 2.33. The number of nitrogens with one attached hydrogen (secondary N) is 1. The standard InChI is InChI=1S/C20H25NO4Si/c1-24-19(22)18(15-26(2,3)17-12-8-5-9-13-17)21-20(23)25-14-16-10-6-4-7-11-16/h4-13,18H,14-15H2,1-3H3,(H,21,23). The van der Waals surface area contributed by atoms with Gasteiger partial charge in [-0.2, -0.15) is 0 Å². The van der Waals surface area contributed by atoms with Gasteiger partial charge in [-0.15, -0.1) is 0 Å². The molecule has 5 nitrogen and oxygen atoms in total. The first-order chi connectivity index (χ1) is 12.4.